The molecule has 0 saturated carbocycles. The van der Waals surface area contributed by atoms with Crippen molar-refractivity contribution in [3.8, 4) is 0 Å². The molecule has 0 amide bonds. The molecular weight excluding hydrogens is 108 g/mol. The van der Waals surface area contributed by atoms with Gasteiger partial charge in [0, 0.05) is 0 Å². The summed E-state index contributed by atoms with van der Waals surface area (Å²) in [5, 5.41) is 15.1. The largest absolute Gasteiger partial charge is 0.379 e. The van der Waals surface area contributed by atoms with Gasteiger partial charge in [0.2, 0.25) is 0 Å². The second-order valence-electron chi connectivity index (χ2n) is 1.60. The van der Waals surface area contributed by atoms with Crippen molar-refractivity contribution in [1.82, 2.24) is 4.90 Å². The molecule has 0 fully saturated rings. The molecule has 0 aromatic carbocycles. The van der Waals surface area contributed by atoms with E-state index in [1.807, 2.05) is 14.1 Å². The van der Waals surface area contributed by atoms with Crippen LogP contribution < -0.4 is 5.90 Å². The highest BCUT2D eigenvalue weighted by Gasteiger charge is 1.92. The van der Waals surface area contributed by atoms with E-state index in [-0.39, 0.29) is 6.23 Å². The Balaban J connectivity index is 0. The van der Waals surface area contributed by atoms with E-state index in [0.717, 1.165) is 0 Å². The maximum atomic E-state index is 8.56. The molecule has 0 heterocycles. The number of nitrogens with zero attached hydrogens (tertiary/aromatic N) is 1. The Bertz CT molecular complexity index is 33.0. The Morgan fingerprint density at radius 2 is 1.50 bits per heavy atom. The van der Waals surface area contributed by atoms with Crippen LogP contribution in [0.2, 0.25) is 0 Å². The Kier molecular flexibility index (Phi) is 9.20. The summed E-state index contributed by atoms with van der Waals surface area (Å²) >= 11 is 0. The molecule has 0 radical (unpaired) electrons. The van der Waals surface area contributed by atoms with Gasteiger partial charge < -0.3 is 10.3 Å². The summed E-state index contributed by atoms with van der Waals surface area (Å²) in [5.41, 5.74) is 0. The summed E-state index contributed by atoms with van der Waals surface area (Å²) in [6.45, 7) is 1.72. The number of hydrogen-bond acceptors (Lipinski definition) is 4. The van der Waals surface area contributed by atoms with E-state index in [0.29, 0.717) is 0 Å². The zero-order chi connectivity index (χ0) is 7.15. The average Bonchev–Trinajstić information content (AvgIpc) is 1.72. The van der Waals surface area contributed by atoms with Crippen molar-refractivity contribution in [3.05, 3.63) is 0 Å². The molecule has 0 aliphatic carbocycles. The molecule has 0 saturated heterocycles. The minimum Gasteiger partial charge on any atom is -0.379 e. The smallest absolute Gasteiger partial charge is 0.104 e. The normalized spacial score (nSPS) is 12.4. The van der Waals surface area contributed by atoms with Gasteiger partial charge in [0.15, 0.2) is 0 Å². The van der Waals surface area contributed by atoms with Crippen molar-refractivity contribution in [1.29, 1.82) is 0 Å². The second-order valence-corrected chi connectivity index (χ2v) is 1.60. The van der Waals surface area contributed by atoms with Gasteiger partial charge in [-0.1, -0.05) is 0 Å². The predicted octanol–water partition coefficient (Wildman–Crippen LogP) is -0.779. The van der Waals surface area contributed by atoms with Gasteiger partial charge >= 0.3 is 0 Å². The lowest BCUT2D eigenvalue weighted by atomic mass is 10.6. The van der Waals surface area contributed by atoms with Crippen LogP contribution in [0.5, 0.6) is 0 Å². The first-order valence-electron chi connectivity index (χ1n) is 2.25. The zero-order valence-corrected chi connectivity index (χ0v) is 5.50. The molecule has 4 nitrogen and oxygen atoms in total. The first kappa shape index (κ1) is 10.8. The molecule has 8 heavy (non-hydrogen) atoms. The van der Waals surface area contributed by atoms with Gasteiger partial charge in [0.25, 0.3) is 0 Å². The van der Waals surface area contributed by atoms with Crippen LogP contribution in [-0.2, 0) is 0 Å². The topological polar surface area (TPSA) is 69.7 Å². The highest BCUT2D eigenvalue weighted by atomic mass is 16.4. The maximum absolute atomic E-state index is 8.56. The summed E-state index contributed by atoms with van der Waals surface area (Å²) in [6.07, 6.45) is -0.315. The fraction of sp³-hybridized carbons (Fsp3) is 1.00. The van der Waals surface area contributed by atoms with E-state index in [9.17, 15) is 0 Å². The van der Waals surface area contributed by atoms with Crippen molar-refractivity contribution in [2.24, 2.45) is 5.90 Å². The highest BCUT2D eigenvalue weighted by Crippen LogP contribution is 1.79. The van der Waals surface area contributed by atoms with Crippen LogP contribution >= 0.6 is 0 Å². The standard InChI is InChI=1S/C4H11NO.H3NO/c1-4(6)5(2)3;1-2/h4,6H,1-3H3;2H,1H2. The number of aliphatic hydroxyl groups excluding tert-OH is 1. The quantitative estimate of drug-likeness (QED) is 0.315. The van der Waals surface area contributed by atoms with Crippen LogP contribution in [0.4, 0.5) is 0 Å². The first-order valence-corrected chi connectivity index (χ1v) is 2.25. The molecule has 4 heteroatoms. The SMILES string of the molecule is CC(O)N(C)C.NO. The molecule has 0 bridgehead atoms. The third-order valence-corrected chi connectivity index (χ3v) is 0.747. The van der Waals surface area contributed by atoms with E-state index >= 15 is 0 Å². The summed E-state index contributed by atoms with van der Waals surface area (Å²) in [5.74, 6) is 3.50. The Morgan fingerprint density at radius 3 is 1.50 bits per heavy atom. The minimum absolute atomic E-state index is 0.315. The van der Waals surface area contributed by atoms with E-state index in [2.05, 4.69) is 5.90 Å². The Labute approximate surface area is 49.5 Å². The van der Waals surface area contributed by atoms with Crippen LogP contribution in [0.15, 0.2) is 0 Å². The van der Waals surface area contributed by atoms with Crippen LogP contribution in [0, 0.1) is 0 Å². The van der Waals surface area contributed by atoms with E-state index < -0.39 is 0 Å². The first-order chi connectivity index (χ1) is 3.64. The van der Waals surface area contributed by atoms with Crippen LogP contribution in [0.3, 0.4) is 0 Å². The number of nitrogens with two attached hydrogens (primary N) is 1. The summed E-state index contributed by atoms with van der Waals surface area (Å²) in [6, 6.07) is 0. The van der Waals surface area contributed by atoms with Gasteiger partial charge in [-0.15, -0.1) is 0 Å². The van der Waals surface area contributed by atoms with Gasteiger partial charge in [0.05, 0.1) is 0 Å². The zero-order valence-electron chi connectivity index (χ0n) is 5.50. The highest BCUT2D eigenvalue weighted by molar-refractivity contribution is 4.35. The molecule has 1 unspecified atom stereocenters. The number of hydrogen-bond donors (Lipinski definition) is 3. The fourth-order valence-corrected chi connectivity index (χ4v) is 0. The number of aliphatic hydroxyl groups is 1. The van der Waals surface area contributed by atoms with Crippen LogP contribution in [0.25, 0.3) is 0 Å². The van der Waals surface area contributed by atoms with Crippen molar-refractivity contribution in [2.45, 2.75) is 13.2 Å². The Hall–Kier alpha value is -0.160. The molecule has 0 spiro atoms. The molecule has 0 aliphatic rings. The second kappa shape index (κ2) is 6.84. The average molecular weight is 122 g/mol. The summed E-state index contributed by atoms with van der Waals surface area (Å²) in [4.78, 5) is 1.72. The van der Waals surface area contributed by atoms with Crippen molar-refractivity contribution >= 4 is 0 Å². The molecular formula is C4H14N2O2. The number of rotatable bonds is 1. The van der Waals surface area contributed by atoms with Gasteiger partial charge in [-0.05, 0) is 21.0 Å². The molecule has 1 atom stereocenters. The third-order valence-electron chi connectivity index (χ3n) is 0.747. The molecule has 0 aromatic heterocycles. The molecule has 0 rings (SSSR count). The predicted molar refractivity (Wildman–Crippen MR) is 31.3 cm³/mol. The molecule has 0 aliphatic heterocycles. The van der Waals surface area contributed by atoms with E-state index in [4.69, 9.17) is 10.3 Å². The van der Waals surface area contributed by atoms with Gasteiger partial charge in [-0.3, -0.25) is 4.90 Å². The summed E-state index contributed by atoms with van der Waals surface area (Å²) in [7, 11) is 3.65. The van der Waals surface area contributed by atoms with Gasteiger partial charge in [-0.2, -0.15) is 0 Å². The van der Waals surface area contributed by atoms with Crippen LogP contribution in [0.1, 0.15) is 6.92 Å². The molecule has 0 aromatic rings. The van der Waals surface area contributed by atoms with Gasteiger partial charge in [-0.25, -0.2) is 5.90 Å². The van der Waals surface area contributed by atoms with Crippen molar-refractivity contribution < 1.29 is 10.3 Å². The minimum atomic E-state index is -0.315. The lowest BCUT2D eigenvalue weighted by Gasteiger charge is -2.11. The lowest BCUT2D eigenvalue weighted by molar-refractivity contribution is 0.0578. The van der Waals surface area contributed by atoms with E-state index in [1.54, 1.807) is 11.8 Å². The van der Waals surface area contributed by atoms with Gasteiger partial charge in [0.1, 0.15) is 6.23 Å². The maximum Gasteiger partial charge on any atom is 0.104 e. The Morgan fingerprint density at radius 1 is 1.38 bits per heavy atom. The molecule has 4 N–H and O–H groups in total. The lowest BCUT2D eigenvalue weighted by Crippen LogP contribution is -2.23. The van der Waals surface area contributed by atoms with E-state index in [1.165, 1.54) is 0 Å². The van der Waals surface area contributed by atoms with Crippen LogP contribution in [-0.4, -0.2) is 35.5 Å². The third kappa shape index (κ3) is 9.28. The fourth-order valence-electron chi connectivity index (χ4n) is 0. The van der Waals surface area contributed by atoms with Crippen molar-refractivity contribution in [3.63, 3.8) is 0 Å². The summed E-state index contributed by atoms with van der Waals surface area (Å²) < 4.78 is 0. The van der Waals surface area contributed by atoms with Crippen molar-refractivity contribution in [2.75, 3.05) is 14.1 Å². The molecule has 52 valence electrons. The monoisotopic (exact) mass is 122 g/mol.